The van der Waals surface area contributed by atoms with Crippen molar-refractivity contribution in [3.05, 3.63) is 18.1 Å². The average Bonchev–Trinajstić information content (AvgIpc) is 2.86. The zero-order valence-corrected chi connectivity index (χ0v) is 11.6. The summed E-state index contributed by atoms with van der Waals surface area (Å²) in [5.41, 5.74) is 5.85. The minimum atomic E-state index is -0.0831. The van der Waals surface area contributed by atoms with Crippen molar-refractivity contribution in [1.82, 2.24) is 20.2 Å². The van der Waals surface area contributed by atoms with E-state index in [1.807, 2.05) is 6.26 Å². The van der Waals surface area contributed by atoms with E-state index in [9.17, 15) is 0 Å². The monoisotopic (exact) mass is 300 g/mol. The molecule has 7 nitrogen and oxygen atoms in total. The first-order chi connectivity index (χ1) is 8.74. The Morgan fingerprint density at radius 1 is 1.33 bits per heavy atom. The molecule has 0 aliphatic heterocycles. The molecule has 10 heteroatoms. The number of amidine groups is 1. The quantitative estimate of drug-likeness (QED) is 0.286. The Kier molecular flexibility index (Phi) is 4.33. The minimum Gasteiger partial charge on any atom is -0.409 e. The highest BCUT2D eigenvalue weighted by Gasteiger charge is 2.14. The largest absolute Gasteiger partial charge is 0.409 e. The molecule has 0 radical (unpaired) electrons. The topological polar surface area (TPSA) is 110 Å². The Morgan fingerprint density at radius 2 is 2.06 bits per heavy atom. The van der Waals surface area contributed by atoms with Crippen LogP contribution in [0.4, 0.5) is 0 Å². The molecule has 0 aromatic carbocycles. The molecule has 2 heterocycles. The highest BCUT2D eigenvalue weighted by molar-refractivity contribution is 8.03. The van der Waals surface area contributed by atoms with Crippen molar-refractivity contribution in [1.29, 1.82) is 0 Å². The number of rotatable bonds is 4. The van der Waals surface area contributed by atoms with Crippen molar-refractivity contribution in [3.63, 3.8) is 0 Å². The first-order valence-electron chi connectivity index (χ1n) is 4.59. The Hall–Kier alpha value is -1.39. The summed E-state index contributed by atoms with van der Waals surface area (Å²) in [5, 5.41) is 20.1. The Bertz CT molecular complexity index is 571. The summed E-state index contributed by atoms with van der Waals surface area (Å²) in [4.78, 5) is 8.16. The summed E-state index contributed by atoms with van der Waals surface area (Å²) in [6.45, 7) is 0. The maximum atomic E-state index is 8.68. The number of aromatic nitrogens is 4. The van der Waals surface area contributed by atoms with Gasteiger partial charge in [-0.05, 0) is 18.0 Å². The van der Waals surface area contributed by atoms with Crippen molar-refractivity contribution in [2.45, 2.75) is 13.7 Å². The molecule has 18 heavy (non-hydrogen) atoms. The van der Waals surface area contributed by atoms with Gasteiger partial charge in [0.15, 0.2) is 14.5 Å². The third kappa shape index (κ3) is 2.89. The maximum absolute atomic E-state index is 8.68. The molecule has 0 unspecified atom stereocenters. The van der Waals surface area contributed by atoms with Crippen LogP contribution in [0, 0.1) is 0 Å². The average molecular weight is 300 g/mol. The van der Waals surface area contributed by atoms with E-state index in [1.165, 1.54) is 47.3 Å². The molecule has 94 valence electrons. The van der Waals surface area contributed by atoms with Crippen LogP contribution < -0.4 is 5.73 Å². The van der Waals surface area contributed by atoms with Crippen LogP contribution >= 0.6 is 34.9 Å². The third-order valence-electron chi connectivity index (χ3n) is 1.76. The molecular weight excluding hydrogens is 292 g/mol. The second kappa shape index (κ2) is 5.98. The summed E-state index contributed by atoms with van der Waals surface area (Å²) in [7, 11) is 0. The second-order valence-corrected chi connectivity index (χ2v) is 6.10. The lowest BCUT2D eigenvalue weighted by Gasteiger charge is -2.02. The standard InChI is InChI=1S/C8H8N6OS3/c1-16-7-12-13-8(18-7)17-6-4(5(9)14-15)10-2-3-11-6/h2-3,15H,1H3,(H2,9,14). The van der Waals surface area contributed by atoms with Crippen molar-refractivity contribution in [2.24, 2.45) is 10.9 Å². The molecule has 2 aromatic rings. The van der Waals surface area contributed by atoms with Crippen molar-refractivity contribution < 1.29 is 5.21 Å². The smallest absolute Gasteiger partial charge is 0.191 e. The summed E-state index contributed by atoms with van der Waals surface area (Å²) < 4.78 is 1.60. The van der Waals surface area contributed by atoms with Gasteiger partial charge in [-0.2, -0.15) is 0 Å². The van der Waals surface area contributed by atoms with Gasteiger partial charge >= 0.3 is 0 Å². The number of oxime groups is 1. The van der Waals surface area contributed by atoms with Crippen LogP contribution in [0.5, 0.6) is 0 Å². The first-order valence-corrected chi connectivity index (χ1v) is 7.44. The zero-order chi connectivity index (χ0) is 13.0. The fraction of sp³-hybridized carbons (Fsp3) is 0.125. The molecule has 3 N–H and O–H groups in total. The Balaban J connectivity index is 2.28. The maximum Gasteiger partial charge on any atom is 0.191 e. The van der Waals surface area contributed by atoms with Crippen LogP contribution in [0.2, 0.25) is 0 Å². The van der Waals surface area contributed by atoms with Crippen molar-refractivity contribution in [3.8, 4) is 0 Å². The molecule has 0 amide bonds. The normalized spacial score (nSPS) is 11.7. The number of nitrogens with zero attached hydrogens (tertiary/aromatic N) is 5. The van der Waals surface area contributed by atoms with Gasteiger partial charge in [0.1, 0.15) is 10.7 Å². The molecule has 0 bridgehead atoms. The molecule has 0 aliphatic carbocycles. The molecule has 2 rings (SSSR count). The van der Waals surface area contributed by atoms with Crippen LogP contribution in [-0.2, 0) is 0 Å². The third-order valence-corrected chi connectivity index (χ3v) is 4.70. The fourth-order valence-corrected chi connectivity index (χ4v) is 3.44. The van der Waals surface area contributed by atoms with Crippen molar-refractivity contribution in [2.75, 3.05) is 6.26 Å². The Labute approximate surface area is 115 Å². The minimum absolute atomic E-state index is 0.0831. The molecular formula is C8H8N6OS3. The lowest BCUT2D eigenvalue weighted by atomic mass is 10.4. The summed E-state index contributed by atoms with van der Waals surface area (Å²) in [6, 6.07) is 0. The summed E-state index contributed by atoms with van der Waals surface area (Å²) in [6.07, 6.45) is 4.94. The van der Waals surface area contributed by atoms with Crippen LogP contribution in [-0.4, -0.2) is 37.5 Å². The van der Waals surface area contributed by atoms with Crippen LogP contribution in [0.25, 0.3) is 0 Å². The van der Waals surface area contributed by atoms with Gasteiger partial charge in [-0.1, -0.05) is 28.3 Å². The van der Waals surface area contributed by atoms with Gasteiger partial charge in [-0.3, -0.25) is 0 Å². The van der Waals surface area contributed by atoms with E-state index in [1.54, 1.807) is 0 Å². The van der Waals surface area contributed by atoms with E-state index >= 15 is 0 Å². The van der Waals surface area contributed by atoms with E-state index in [-0.39, 0.29) is 5.84 Å². The number of hydrogen-bond acceptors (Lipinski definition) is 9. The lowest BCUT2D eigenvalue weighted by molar-refractivity contribution is 0.318. The van der Waals surface area contributed by atoms with Gasteiger partial charge in [0, 0.05) is 12.4 Å². The summed E-state index contributed by atoms with van der Waals surface area (Å²) in [5.74, 6) is -0.0831. The molecule has 0 saturated carbocycles. The van der Waals surface area contributed by atoms with Gasteiger partial charge in [-0.25, -0.2) is 9.97 Å². The number of hydrogen-bond donors (Lipinski definition) is 2. The molecule has 0 aliphatic rings. The van der Waals surface area contributed by atoms with Gasteiger partial charge in [-0.15, -0.1) is 10.2 Å². The van der Waals surface area contributed by atoms with Crippen molar-refractivity contribution >= 4 is 40.7 Å². The van der Waals surface area contributed by atoms with E-state index in [4.69, 9.17) is 10.9 Å². The molecule has 0 atom stereocenters. The van der Waals surface area contributed by atoms with Crippen LogP contribution in [0.15, 0.2) is 31.3 Å². The zero-order valence-electron chi connectivity index (χ0n) is 9.14. The molecule has 0 spiro atoms. The molecule has 0 fully saturated rings. The van der Waals surface area contributed by atoms with Gasteiger partial charge in [0.05, 0.1) is 0 Å². The second-order valence-electron chi connectivity index (χ2n) is 2.84. The molecule has 2 aromatic heterocycles. The van der Waals surface area contributed by atoms with Crippen LogP contribution in [0.1, 0.15) is 5.69 Å². The number of nitrogens with two attached hydrogens (primary N) is 1. The number of thioether (sulfide) groups is 1. The highest BCUT2D eigenvalue weighted by atomic mass is 32.2. The van der Waals surface area contributed by atoms with Gasteiger partial charge in [0.2, 0.25) is 0 Å². The SMILES string of the molecule is CSc1nnc(Sc2nccnc2C(N)=NO)s1. The van der Waals surface area contributed by atoms with Crippen LogP contribution in [0.3, 0.4) is 0 Å². The van der Waals surface area contributed by atoms with E-state index in [0.29, 0.717) is 10.7 Å². The predicted octanol–water partition coefficient (Wildman–Crippen LogP) is 1.30. The van der Waals surface area contributed by atoms with Gasteiger partial charge < -0.3 is 10.9 Å². The Morgan fingerprint density at radius 3 is 2.72 bits per heavy atom. The lowest BCUT2D eigenvalue weighted by Crippen LogP contribution is -2.16. The van der Waals surface area contributed by atoms with E-state index < -0.39 is 0 Å². The van der Waals surface area contributed by atoms with Gasteiger partial charge in [0.25, 0.3) is 0 Å². The highest BCUT2D eigenvalue weighted by Crippen LogP contribution is 2.32. The van der Waals surface area contributed by atoms with E-state index in [2.05, 4.69) is 25.3 Å². The fourth-order valence-electron chi connectivity index (χ4n) is 1.03. The summed E-state index contributed by atoms with van der Waals surface area (Å²) >= 11 is 4.25. The molecule has 0 saturated heterocycles. The predicted molar refractivity (Wildman–Crippen MR) is 70.4 cm³/mol. The van der Waals surface area contributed by atoms with E-state index in [0.717, 1.165) is 8.68 Å². The first kappa shape index (κ1) is 13.1.